The molecule has 2 rings (SSSR count). The van der Waals surface area contributed by atoms with Crippen LogP contribution in [0.15, 0.2) is 48.5 Å². The number of hydrogen-bond donors (Lipinski definition) is 1. The number of carbonyl (C=O) groups excluding carboxylic acids is 1. The summed E-state index contributed by atoms with van der Waals surface area (Å²) in [6.07, 6.45) is 1.75. The number of carbonyl (C=O) groups is 1. The van der Waals surface area contributed by atoms with Crippen LogP contribution in [-0.2, 0) is 11.2 Å². The average molecular weight is 331 g/mol. The van der Waals surface area contributed by atoms with Crippen LogP contribution in [0.5, 0.6) is 11.5 Å². The zero-order chi connectivity index (χ0) is 17.2. The summed E-state index contributed by atoms with van der Waals surface area (Å²) < 4.78 is 23.4. The van der Waals surface area contributed by atoms with Gasteiger partial charge in [0.1, 0.15) is 17.3 Å². The number of hydrogen-bond acceptors (Lipinski definition) is 3. The van der Waals surface area contributed by atoms with Gasteiger partial charge in [0.25, 0.3) is 0 Å². The third-order valence-corrected chi connectivity index (χ3v) is 3.53. The van der Waals surface area contributed by atoms with Gasteiger partial charge in [0.15, 0.2) is 0 Å². The van der Waals surface area contributed by atoms with E-state index in [0.717, 1.165) is 17.1 Å². The Labute approximate surface area is 141 Å². The lowest BCUT2D eigenvalue weighted by atomic mass is 10.1. The van der Waals surface area contributed by atoms with Gasteiger partial charge in [-0.15, -0.1) is 0 Å². The van der Waals surface area contributed by atoms with Crippen molar-refractivity contribution in [2.45, 2.75) is 19.3 Å². The summed E-state index contributed by atoms with van der Waals surface area (Å²) in [6.45, 7) is 1.03. The summed E-state index contributed by atoms with van der Waals surface area (Å²) >= 11 is 0. The summed E-state index contributed by atoms with van der Waals surface area (Å²) in [6, 6.07) is 13.6. The van der Waals surface area contributed by atoms with Crippen molar-refractivity contribution >= 4 is 5.91 Å². The van der Waals surface area contributed by atoms with Crippen LogP contribution >= 0.6 is 0 Å². The van der Waals surface area contributed by atoms with Crippen LogP contribution in [0.25, 0.3) is 0 Å². The summed E-state index contributed by atoms with van der Waals surface area (Å²) in [5, 5.41) is 2.85. The van der Waals surface area contributed by atoms with E-state index in [2.05, 4.69) is 5.32 Å². The maximum Gasteiger partial charge on any atom is 0.220 e. The quantitative estimate of drug-likeness (QED) is 0.717. The summed E-state index contributed by atoms with van der Waals surface area (Å²) in [4.78, 5) is 11.7. The minimum Gasteiger partial charge on any atom is -0.497 e. The van der Waals surface area contributed by atoms with E-state index in [1.54, 1.807) is 19.2 Å². The van der Waals surface area contributed by atoms with Crippen LogP contribution in [-0.4, -0.2) is 26.2 Å². The van der Waals surface area contributed by atoms with Crippen LogP contribution < -0.4 is 14.8 Å². The van der Waals surface area contributed by atoms with Gasteiger partial charge in [0.05, 0.1) is 13.7 Å². The Kier molecular flexibility index (Phi) is 7.08. The number of methoxy groups -OCH3 is 1. The fraction of sp³-hybridized carbons (Fsp3) is 0.316. The molecule has 0 spiro atoms. The normalized spacial score (nSPS) is 10.2. The molecule has 24 heavy (non-hydrogen) atoms. The number of amides is 1. The predicted molar refractivity (Wildman–Crippen MR) is 90.8 cm³/mol. The van der Waals surface area contributed by atoms with Crippen LogP contribution in [0.4, 0.5) is 4.39 Å². The molecule has 0 radical (unpaired) electrons. The second-order valence-corrected chi connectivity index (χ2v) is 5.35. The van der Waals surface area contributed by atoms with Gasteiger partial charge in [0.2, 0.25) is 5.91 Å². The monoisotopic (exact) mass is 331 g/mol. The zero-order valence-corrected chi connectivity index (χ0v) is 13.8. The molecule has 0 atom stereocenters. The Balaban J connectivity index is 1.56. The molecule has 0 aliphatic rings. The molecule has 0 saturated carbocycles. The van der Waals surface area contributed by atoms with E-state index in [-0.39, 0.29) is 11.7 Å². The van der Waals surface area contributed by atoms with Crippen molar-refractivity contribution < 1.29 is 18.7 Å². The molecule has 0 aliphatic carbocycles. The molecule has 0 aliphatic heterocycles. The highest BCUT2D eigenvalue weighted by Crippen LogP contribution is 2.17. The van der Waals surface area contributed by atoms with E-state index in [1.807, 2.05) is 24.3 Å². The van der Waals surface area contributed by atoms with E-state index in [9.17, 15) is 9.18 Å². The van der Waals surface area contributed by atoms with Crippen molar-refractivity contribution in [2.24, 2.45) is 0 Å². The molecule has 2 aromatic carbocycles. The topological polar surface area (TPSA) is 47.6 Å². The van der Waals surface area contributed by atoms with Crippen molar-refractivity contribution in [3.8, 4) is 11.5 Å². The third-order valence-electron chi connectivity index (χ3n) is 3.53. The van der Waals surface area contributed by atoms with Gasteiger partial charge in [-0.2, -0.15) is 0 Å². The SMILES string of the molecule is COc1ccc(OCCCC(=O)NCCc2ccc(F)cc2)cc1. The molecule has 2 aromatic rings. The smallest absolute Gasteiger partial charge is 0.220 e. The van der Waals surface area contributed by atoms with Crippen LogP contribution in [0.2, 0.25) is 0 Å². The lowest BCUT2D eigenvalue weighted by Gasteiger charge is -2.08. The summed E-state index contributed by atoms with van der Waals surface area (Å²) in [5.74, 6) is 1.28. The molecule has 4 nitrogen and oxygen atoms in total. The van der Waals surface area contributed by atoms with Gasteiger partial charge in [-0.05, 0) is 54.8 Å². The van der Waals surface area contributed by atoms with E-state index in [0.29, 0.717) is 32.4 Å². The maximum absolute atomic E-state index is 12.8. The average Bonchev–Trinajstić information content (AvgIpc) is 2.61. The summed E-state index contributed by atoms with van der Waals surface area (Å²) in [7, 11) is 1.62. The molecule has 0 saturated heterocycles. The molecular weight excluding hydrogens is 309 g/mol. The molecule has 0 heterocycles. The van der Waals surface area contributed by atoms with Crippen molar-refractivity contribution in [1.29, 1.82) is 0 Å². The van der Waals surface area contributed by atoms with Crippen LogP contribution in [0.3, 0.4) is 0 Å². The Morgan fingerprint density at radius 3 is 2.38 bits per heavy atom. The van der Waals surface area contributed by atoms with Crippen LogP contribution in [0.1, 0.15) is 18.4 Å². The minimum atomic E-state index is -0.250. The van der Waals surface area contributed by atoms with Gasteiger partial charge >= 0.3 is 0 Å². The fourth-order valence-corrected chi connectivity index (χ4v) is 2.18. The summed E-state index contributed by atoms with van der Waals surface area (Å²) in [5.41, 5.74) is 1.000. The molecule has 1 amide bonds. The number of benzene rings is 2. The number of ether oxygens (including phenoxy) is 2. The second-order valence-electron chi connectivity index (χ2n) is 5.35. The first-order valence-electron chi connectivity index (χ1n) is 7.95. The number of halogens is 1. The largest absolute Gasteiger partial charge is 0.497 e. The van der Waals surface area contributed by atoms with Gasteiger partial charge in [0, 0.05) is 13.0 Å². The first-order chi connectivity index (χ1) is 11.7. The van der Waals surface area contributed by atoms with Crippen molar-refractivity contribution in [2.75, 3.05) is 20.3 Å². The van der Waals surface area contributed by atoms with Gasteiger partial charge < -0.3 is 14.8 Å². The Morgan fingerprint density at radius 1 is 1.04 bits per heavy atom. The molecule has 0 fully saturated rings. The molecule has 1 N–H and O–H groups in total. The zero-order valence-electron chi connectivity index (χ0n) is 13.8. The minimum absolute atomic E-state index is 0.00422. The number of nitrogens with one attached hydrogen (secondary N) is 1. The fourth-order valence-electron chi connectivity index (χ4n) is 2.18. The van der Waals surface area contributed by atoms with Gasteiger partial charge in [-0.1, -0.05) is 12.1 Å². The Bertz CT molecular complexity index is 626. The lowest BCUT2D eigenvalue weighted by Crippen LogP contribution is -2.25. The first kappa shape index (κ1) is 17.8. The third kappa shape index (κ3) is 6.28. The van der Waals surface area contributed by atoms with Crippen molar-refractivity contribution in [3.63, 3.8) is 0 Å². The maximum atomic E-state index is 12.8. The standard InChI is InChI=1S/C19H22FNO3/c1-23-17-8-10-18(11-9-17)24-14-2-3-19(22)21-13-12-15-4-6-16(20)7-5-15/h4-11H,2-3,12-14H2,1H3,(H,21,22). The van der Waals surface area contributed by atoms with Crippen LogP contribution in [0, 0.1) is 5.82 Å². The molecule has 0 unspecified atom stereocenters. The first-order valence-corrected chi connectivity index (χ1v) is 7.95. The predicted octanol–water partition coefficient (Wildman–Crippen LogP) is 3.35. The molecule has 128 valence electrons. The molecular formula is C19H22FNO3. The number of rotatable bonds is 9. The highest BCUT2D eigenvalue weighted by atomic mass is 19.1. The van der Waals surface area contributed by atoms with Gasteiger partial charge in [-0.3, -0.25) is 4.79 Å². The van der Waals surface area contributed by atoms with Crippen molar-refractivity contribution in [3.05, 3.63) is 59.9 Å². The van der Waals surface area contributed by atoms with Gasteiger partial charge in [-0.25, -0.2) is 4.39 Å². The van der Waals surface area contributed by atoms with E-state index < -0.39 is 0 Å². The lowest BCUT2D eigenvalue weighted by molar-refractivity contribution is -0.121. The highest BCUT2D eigenvalue weighted by molar-refractivity contribution is 5.75. The highest BCUT2D eigenvalue weighted by Gasteiger charge is 2.02. The Morgan fingerprint density at radius 2 is 1.71 bits per heavy atom. The Hall–Kier alpha value is -2.56. The second kappa shape index (κ2) is 9.55. The van der Waals surface area contributed by atoms with Crippen molar-refractivity contribution in [1.82, 2.24) is 5.32 Å². The van der Waals surface area contributed by atoms with E-state index in [4.69, 9.17) is 9.47 Å². The molecule has 0 aromatic heterocycles. The van der Waals surface area contributed by atoms with E-state index in [1.165, 1.54) is 12.1 Å². The molecule has 0 bridgehead atoms. The van der Waals surface area contributed by atoms with E-state index >= 15 is 0 Å². The molecule has 5 heteroatoms.